The Labute approximate surface area is 160 Å². The fraction of sp³-hybridized carbons (Fsp3) is 0.0526. The monoisotopic (exact) mass is 378 g/mol. The van der Waals surface area contributed by atoms with Crippen LogP contribution in [0.3, 0.4) is 0 Å². The molecule has 0 bridgehead atoms. The van der Waals surface area contributed by atoms with Crippen LogP contribution in [0.15, 0.2) is 54.9 Å². The molecule has 3 rings (SSSR count). The van der Waals surface area contributed by atoms with Crippen LogP contribution in [0.1, 0.15) is 26.3 Å². The third kappa shape index (κ3) is 4.33. The van der Waals surface area contributed by atoms with Gasteiger partial charge in [0, 0.05) is 11.3 Å². The van der Waals surface area contributed by atoms with Crippen molar-refractivity contribution >= 4 is 34.9 Å². The summed E-state index contributed by atoms with van der Waals surface area (Å²) in [6.45, 7) is 1.94. The van der Waals surface area contributed by atoms with Crippen molar-refractivity contribution in [2.45, 2.75) is 6.92 Å². The number of benzene rings is 2. The van der Waals surface area contributed by atoms with Gasteiger partial charge in [-0.25, -0.2) is 14.8 Å². The summed E-state index contributed by atoms with van der Waals surface area (Å²) < 4.78 is 0. The van der Waals surface area contributed by atoms with Gasteiger partial charge in [-0.15, -0.1) is 0 Å². The van der Waals surface area contributed by atoms with Gasteiger partial charge in [0.25, 0.3) is 5.91 Å². The van der Waals surface area contributed by atoms with Crippen LogP contribution in [0.25, 0.3) is 0 Å². The minimum atomic E-state index is -1.01. The predicted molar refractivity (Wildman–Crippen MR) is 105 cm³/mol. The number of nitrogen functional groups attached to an aromatic ring is 1. The van der Waals surface area contributed by atoms with Crippen molar-refractivity contribution in [1.82, 2.24) is 15.4 Å². The number of aromatic carboxylic acids is 1. The van der Waals surface area contributed by atoms with Crippen molar-refractivity contribution in [3.63, 3.8) is 0 Å². The van der Waals surface area contributed by atoms with Gasteiger partial charge in [0.1, 0.15) is 12.0 Å². The normalized spacial score (nSPS) is 10.2. The first-order valence-electron chi connectivity index (χ1n) is 8.28. The third-order valence-electron chi connectivity index (χ3n) is 3.89. The number of hydrazine groups is 1. The van der Waals surface area contributed by atoms with Gasteiger partial charge in [-0.3, -0.25) is 15.6 Å². The van der Waals surface area contributed by atoms with Crippen LogP contribution in [0.4, 0.5) is 23.0 Å². The molecule has 2 aromatic carbocycles. The van der Waals surface area contributed by atoms with Crippen molar-refractivity contribution in [3.8, 4) is 0 Å². The summed E-state index contributed by atoms with van der Waals surface area (Å²) in [6, 6.07) is 13.2. The number of carbonyl (C=O) groups excluding carboxylic acids is 1. The summed E-state index contributed by atoms with van der Waals surface area (Å²) in [6.07, 6.45) is 1.28. The molecule has 0 spiro atoms. The van der Waals surface area contributed by atoms with Crippen LogP contribution < -0.4 is 21.9 Å². The van der Waals surface area contributed by atoms with E-state index in [0.29, 0.717) is 17.1 Å². The number of aromatic nitrogens is 2. The van der Waals surface area contributed by atoms with Gasteiger partial charge in [0.2, 0.25) is 0 Å². The Balaban J connectivity index is 1.69. The topological polar surface area (TPSA) is 142 Å². The third-order valence-corrected chi connectivity index (χ3v) is 3.89. The fourth-order valence-corrected chi connectivity index (χ4v) is 2.32. The van der Waals surface area contributed by atoms with Crippen LogP contribution in [-0.4, -0.2) is 27.0 Å². The highest BCUT2D eigenvalue weighted by atomic mass is 16.4. The lowest BCUT2D eigenvalue weighted by Crippen LogP contribution is -2.30. The lowest BCUT2D eigenvalue weighted by molar-refractivity contribution is 0.0696. The molecule has 28 heavy (non-hydrogen) atoms. The molecule has 9 nitrogen and oxygen atoms in total. The Morgan fingerprint density at radius 2 is 1.54 bits per heavy atom. The van der Waals surface area contributed by atoms with E-state index in [2.05, 4.69) is 26.1 Å². The number of nitrogens with one attached hydrogen (secondary N) is 3. The SMILES string of the molecule is Cc1ccc(C(=O)NNc2ncnc(Nc3ccc(C(=O)O)cc3)c2N)cc1. The molecule has 1 amide bonds. The largest absolute Gasteiger partial charge is 0.478 e. The Morgan fingerprint density at radius 1 is 0.929 bits per heavy atom. The van der Waals surface area contributed by atoms with Crippen LogP contribution in [0.2, 0.25) is 0 Å². The molecule has 0 atom stereocenters. The quantitative estimate of drug-likeness (QED) is 0.412. The Morgan fingerprint density at radius 3 is 2.18 bits per heavy atom. The number of anilines is 4. The Kier molecular flexibility index (Phi) is 5.35. The zero-order chi connectivity index (χ0) is 20.1. The number of carbonyl (C=O) groups is 2. The molecule has 1 heterocycles. The number of nitrogens with two attached hydrogens (primary N) is 1. The molecule has 142 valence electrons. The summed E-state index contributed by atoms with van der Waals surface area (Å²) in [5.41, 5.74) is 13.8. The number of hydrogen-bond acceptors (Lipinski definition) is 7. The molecule has 0 radical (unpaired) electrons. The van der Waals surface area contributed by atoms with Gasteiger partial charge < -0.3 is 16.2 Å². The first-order chi connectivity index (χ1) is 13.4. The fourth-order valence-electron chi connectivity index (χ4n) is 2.32. The maximum atomic E-state index is 12.2. The molecule has 6 N–H and O–H groups in total. The van der Waals surface area contributed by atoms with E-state index in [1.54, 1.807) is 24.3 Å². The average Bonchev–Trinajstić information content (AvgIpc) is 2.69. The molecule has 9 heteroatoms. The second-order valence-corrected chi connectivity index (χ2v) is 5.94. The maximum absolute atomic E-state index is 12.2. The summed E-state index contributed by atoms with van der Waals surface area (Å²) in [4.78, 5) is 31.2. The summed E-state index contributed by atoms with van der Waals surface area (Å²) >= 11 is 0. The van der Waals surface area contributed by atoms with Gasteiger partial charge in [0.05, 0.1) is 5.56 Å². The number of carboxylic acid groups (broad SMARTS) is 1. The number of aryl methyl sites for hydroxylation is 1. The van der Waals surface area contributed by atoms with E-state index in [4.69, 9.17) is 10.8 Å². The van der Waals surface area contributed by atoms with E-state index in [0.717, 1.165) is 5.56 Å². The lowest BCUT2D eigenvalue weighted by Gasteiger charge is -2.13. The average molecular weight is 378 g/mol. The minimum absolute atomic E-state index is 0.169. The van der Waals surface area contributed by atoms with Crippen molar-refractivity contribution in [2.75, 3.05) is 16.5 Å². The van der Waals surface area contributed by atoms with E-state index >= 15 is 0 Å². The van der Waals surface area contributed by atoms with Crippen molar-refractivity contribution in [3.05, 3.63) is 71.5 Å². The molecule has 0 aliphatic carbocycles. The zero-order valence-electron chi connectivity index (χ0n) is 14.9. The first kappa shape index (κ1) is 18.6. The van der Waals surface area contributed by atoms with Gasteiger partial charge in [-0.2, -0.15) is 0 Å². The molecule has 0 aliphatic rings. The van der Waals surface area contributed by atoms with Gasteiger partial charge >= 0.3 is 5.97 Å². The van der Waals surface area contributed by atoms with Crippen molar-refractivity contribution in [1.29, 1.82) is 0 Å². The molecule has 0 saturated carbocycles. The number of carboxylic acids is 1. The van der Waals surface area contributed by atoms with Crippen molar-refractivity contribution in [2.24, 2.45) is 0 Å². The van der Waals surface area contributed by atoms with Gasteiger partial charge in [-0.05, 0) is 43.3 Å². The number of hydrogen-bond donors (Lipinski definition) is 5. The summed E-state index contributed by atoms with van der Waals surface area (Å²) in [5, 5.41) is 11.9. The number of amides is 1. The number of nitrogens with zero attached hydrogens (tertiary/aromatic N) is 2. The number of rotatable bonds is 6. The molecule has 0 saturated heterocycles. The first-order valence-corrected chi connectivity index (χ1v) is 8.28. The second kappa shape index (κ2) is 8.04. The highest BCUT2D eigenvalue weighted by molar-refractivity contribution is 5.95. The van der Waals surface area contributed by atoms with E-state index in [9.17, 15) is 9.59 Å². The zero-order valence-corrected chi connectivity index (χ0v) is 14.9. The van der Waals surface area contributed by atoms with E-state index in [-0.39, 0.29) is 23.0 Å². The standard InChI is InChI=1S/C19H18N6O3/c1-11-2-4-12(5-3-11)18(26)25-24-17-15(20)16(21-10-22-17)23-14-8-6-13(7-9-14)19(27)28/h2-10H,20H2,1H3,(H,25,26)(H,27,28)(H2,21,22,23,24). The summed E-state index contributed by atoms with van der Waals surface area (Å²) in [5.74, 6) is -0.814. The van der Waals surface area contributed by atoms with E-state index in [1.165, 1.54) is 18.5 Å². The van der Waals surface area contributed by atoms with Crippen LogP contribution in [0, 0.1) is 6.92 Å². The highest BCUT2D eigenvalue weighted by Gasteiger charge is 2.11. The molecule has 0 fully saturated rings. The predicted octanol–water partition coefficient (Wildman–Crippen LogP) is 2.57. The highest BCUT2D eigenvalue weighted by Crippen LogP contribution is 2.25. The molecule has 3 aromatic rings. The minimum Gasteiger partial charge on any atom is -0.478 e. The van der Waals surface area contributed by atoms with Crippen LogP contribution in [-0.2, 0) is 0 Å². The Bertz CT molecular complexity index is 1000. The Hall–Kier alpha value is -4.14. The molecule has 0 aliphatic heterocycles. The van der Waals surface area contributed by atoms with Gasteiger partial charge in [0.15, 0.2) is 11.6 Å². The van der Waals surface area contributed by atoms with E-state index in [1.807, 2.05) is 19.1 Å². The lowest BCUT2D eigenvalue weighted by atomic mass is 10.1. The van der Waals surface area contributed by atoms with Gasteiger partial charge in [-0.1, -0.05) is 17.7 Å². The second-order valence-electron chi connectivity index (χ2n) is 5.94. The van der Waals surface area contributed by atoms with Crippen molar-refractivity contribution < 1.29 is 14.7 Å². The molecule has 0 unspecified atom stereocenters. The van der Waals surface area contributed by atoms with Crippen LogP contribution in [0.5, 0.6) is 0 Å². The molecule has 1 aromatic heterocycles. The van der Waals surface area contributed by atoms with E-state index < -0.39 is 5.97 Å². The van der Waals surface area contributed by atoms with Crippen LogP contribution >= 0.6 is 0 Å². The smallest absolute Gasteiger partial charge is 0.335 e. The maximum Gasteiger partial charge on any atom is 0.335 e. The summed E-state index contributed by atoms with van der Waals surface area (Å²) in [7, 11) is 0. The molecular weight excluding hydrogens is 360 g/mol. The molecular formula is C19H18N6O3.